The van der Waals surface area contributed by atoms with Crippen LogP contribution in [0.3, 0.4) is 0 Å². The van der Waals surface area contributed by atoms with E-state index in [1.54, 1.807) is 18.2 Å². The Morgan fingerprint density at radius 2 is 1.83 bits per heavy atom. The van der Waals surface area contributed by atoms with Crippen LogP contribution in [0.25, 0.3) is 5.69 Å². The highest BCUT2D eigenvalue weighted by molar-refractivity contribution is 6.34. The number of aromatic nitrogens is 1. The van der Waals surface area contributed by atoms with Crippen molar-refractivity contribution in [2.75, 3.05) is 0 Å². The average Bonchev–Trinajstić information content (AvgIpc) is 2.96. The summed E-state index contributed by atoms with van der Waals surface area (Å²) in [5.41, 5.74) is 4.27. The predicted molar refractivity (Wildman–Crippen MR) is 112 cm³/mol. The SMILES string of the molecule is Cc1cc(/C=N\NC(=O)c2cccc(C(F)(F)F)c2)c(C)n1-c1cc(Cl)ccc1Cl. The molecular weight excluding hydrogens is 438 g/mol. The lowest BCUT2D eigenvalue weighted by Gasteiger charge is -2.12. The van der Waals surface area contributed by atoms with Gasteiger partial charge in [0.1, 0.15) is 0 Å². The number of carbonyl (C=O) groups is 1. The number of alkyl halides is 3. The van der Waals surface area contributed by atoms with Crippen molar-refractivity contribution in [1.82, 2.24) is 9.99 Å². The fraction of sp³-hybridized carbons (Fsp3) is 0.143. The number of hydrogen-bond acceptors (Lipinski definition) is 2. The van der Waals surface area contributed by atoms with E-state index in [9.17, 15) is 18.0 Å². The third kappa shape index (κ3) is 4.68. The number of rotatable bonds is 4. The van der Waals surface area contributed by atoms with Gasteiger partial charge in [0, 0.05) is 27.5 Å². The Morgan fingerprint density at radius 3 is 2.53 bits per heavy atom. The van der Waals surface area contributed by atoms with Crippen molar-refractivity contribution in [3.8, 4) is 5.69 Å². The Hall–Kier alpha value is -2.77. The van der Waals surface area contributed by atoms with Gasteiger partial charge in [-0.2, -0.15) is 18.3 Å². The van der Waals surface area contributed by atoms with Gasteiger partial charge in [-0.1, -0.05) is 29.3 Å². The second-order valence-electron chi connectivity index (χ2n) is 6.54. The molecule has 3 aromatic rings. The largest absolute Gasteiger partial charge is 0.416 e. The molecule has 1 heterocycles. The highest BCUT2D eigenvalue weighted by Gasteiger charge is 2.30. The quantitative estimate of drug-likeness (QED) is 0.371. The minimum absolute atomic E-state index is 0.141. The summed E-state index contributed by atoms with van der Waals surface area (Å²) in [4.78, 5) is 12.1. The zero-order valence-corrected chi connectivity index (χ0v) is 17.4. The van der Waals surface area contributed by atoms with Gasteiger partial charge in [-0.05, 0) is 56.3 Å². The maximum absolute atomic E-state index is 12.8. The highest BCUT2D eigenvalue weighted by atomic mass is 35.5. The average molecular weight is 454 g/mol. The Kier molecular flexibility index (Phi) is 6.24. The second-order valence-corrected chi connectivity index (χ2v) is 7.38. The van der Waals surface area contributed by atoms with Crippen LogP contribution in [0.4, 0.5) is 13.2 Å². The lowest BCUT2D eigenvalue weighted by molar-refractivity contribution is -0.137. The zero-order chi connectivity index (χ0) is 22.1. The molecule has 0 atom stereocenters. The first kappa shape index (κ1) is 21.9. The van der Waals surface area contributed by atoms with Crippen LogP contribution in [-0.4, -0.2) is 16.7 Å². The minimum Gasteiger partial charge on any atom is -0.316 e. The summed E-state index contributed by atoms with van der Waals surface area (Å²) in [6.45, 7) is 3.73. The van der Waals surface area contributed by atoms with Gasteiger partial charge in [0.15, 0.2) is 0 Å². The lowest BCUT2D eigenvalue weighted by Crippen LogP contribution is -2.18. The fourth-order valence-corrected chi connectivity index (χ4v) is 3.38. The van der Waals surface area contributed by atoms with Crippen LogP contribution in [0.15, 0.2) is 53.6 Å². The summed E-state index contributed by atoms with van der Waals surface area (Å²) >= 11 is 12.4. The number of amides is 1. The van der Waals surface area contributed by atoms with Crippen molar-refractivity contribution in [1.29, 1.82) is 0 Å². The van der Waals surface area contributed by atoms with Crippen LogP contribution in [-0.2, 0) is 6.18 Å². The molecule has 2 aromatic carbocycles. The molecule has 4 nitrogen and oxygen atoms in total. The second kappa shape index (κ2) is 8.53. The van der Waals surface area contributed by atoms with Gasteiger partial charge in [0.2, 0.25) is 0 Å². The molecule has 0 fully saturated rings. The standard InChI is InChI=1S/C21H16Cl2F3N3O/c1-12-8-15(13(2)29(12)19-10-17(22)6-7-18(19)23)11-27-28-20(30)14-4-3-5-16(9-14)21(24,25)26/h3-11H,1-2H3,(H,28,30)/b27-11-. The van der Waals surface area contributed by atoms with Gasteiger partial charge in [-0.15, -0.1) is 0 Å². The van der Waals surface area contributed by atoms with E-state index in [4.69, 9.17) is 23.2 Å². The van der Waals surface area contributed by atoms with Gasteiger partial charge in [0.05, 0.1) is 22.5 Å². The van der Waals surface area contributed by atoms with Crippen LogP contribution < -0.4 is 5.43 Å². The number of hydrogen-bond donors (Lipinski definition) is 1. The summed E-state index contributed by atoms with van der Waals surface area (Å²) in [5, 5.41) is 4.93. The van der Waals surface area contributed by atoms with E-state index in [0.29, 0.717) is 21.3 Å². The number of carbonyl (C=O) groups excluding carboxylic acids is 1. The maximum atomic E-state index is 12.8. The van der Waals surface area contributed by atoms with Gasteiger partial charge >= 0.3 is 6.18 Å². The maximum Gasteiger partial charge on any atom is 0.416 e. The van der Waals surface area contributed by atoms with Crippen molar-refractivity contribution < 1.29 is 18.0 Å². The van der Waals surface area contributed by atoms with Crippen LogP contribution in [0.2, 0.25) is 10.0 Å². The van der Waals surface area contributed by atoms with Gasteiger partial charge in [0.25, 0.3) is 5.91 Å². The molecule has 1 aromatic heterocycles. The summed E-state index contributed by atoms with van der Waals surface area (Å²) in [6, 6.07) is 11.1. The van der Waals surface area contributed by atoms with Crippen LogP contribution in [0, 0.1) is 13.8 Å². The molecule has 156 valence electrons. The minimum atomic E-state index is -4.53. The van der Waals surface area contributed by atoms with Crippen LogP contribution >= 0.6 is 23.2 Å². The van der Waals surface area contributed by atoms with Gasteiger partial charge in [-0.3, -0.25) is 4.79 Å². The van der Waals surface area contributed by atoms with E-state index >= 15 is 0 Å². The van der Waals surface area contributed by atoms with Crippen molar-refractivity contribution in [3.05, 3.63) is 86.7 Å². The number of nitrogens with zero attached hydrogens (tertiary/aromatic N) is 2. The summed E-state index contributed by atoms with van der Waals surface area (Å²) in [7, 11) is 0. The molecule has 0 spiro atoms. The topological polar surface area (TPSA) is 46.4 Å². The fourth-order valence-electron chi connectivity index (χ4n) is 3.01. The molecular formula is C21H16Cl2F3N3O. The zero-order valence-electron chi connectivity index (χ0n) is 15.9. The van der Waals surface area contributed by atoms with E-state index < -0.39 is 17.6 Å². The van der Waals surface area contributed by atoms with E-state index in [0.717, 1.165) is 23.5 Å². The van der Waals surface area contributed by atoms with Crippen molar-refractivity contribution in [2.45, 2.75) is 20.0 Å². The molecule has 0 saturated heterocycles. The predicted octanol–water partition coefficient (Wildman–Crippen LogP) is 6.18. The van der Waals surface area contributed by atoms with E-state index in [2.05, 4.69) is 10.5 Å². The first-order valence-corrected chi connectivity index (χ1v) is 9.48. The molecule has 3 rings (SSSR count). The lowest BCUT2D eigenvalue weighted by atomic mass is 10.1. The van der Waals surface area contributed by atoms with Crippen LogP contribution in [0.1, 0.15) is 32.9 Å². The van der Waals surface area contributed by atoms with Gasteiger partial charge < -0.3 is 4.57 Å². The Morgan fingerprint density at radius 1 is 1.10 bits per heavy atom. The number of halogens is 5. The molecule has 9 heteroatoms. The molecule has 0 aliphatic carbocycles. The van der Waals surface area contributed by atoms with Crippen molar-refractivity contribution in [2.24, 2.45) is 5.10 Å². The molecule has 0 aliphatic heterocycles. The molecule has 30 heavy (non-hydrogen) atoms. The highest BCUT2D eigenvalue weighted by Crippen LogP contribution is 2.30. The first-order chi connectivity index (χ1) is 14.1. The molecule has 1 amide bonds. The van der Waals surface area contributed by atoms with Crippen molar-refractivity contribution in [3.63, 3.8) is 0 Å². The molecule has 0 bridgehead atoms. The summed E-state index contributed by atoms with van der Waals surface area (Å²) < 4.78 is 40.3. The molecule has 0 aliphatic rings. The summed E-state index contributed by atoms with van der Waals surface area (Å²) in [6.07, 6.45) is -3.11. The molecule has 1 N–H and O–H groups in total. The van der Waals surface area contributed by atoms with E-state index in [1.807, 2.05) is 24.5 Å². The van der Waals surface area contributed by atoms with E-state index in [-0.39, 0.29) is 5.56 Å². The number of benzene rings is 2. The third-order valence-electron chi connectivity index (χ3n) is 4.44. The monoisotopic (exact) mass is 453 g/mol. The molecule has 0 saturated carbocycles. The van der Waals surface area contributed by atoms with Crippen LogP contribution in [0.5, 0.6) is 0 Å². The Balaban J connectivity index is 1.81. The van der Waals surface area contributed by atoms with Gasteiger partial charge in [-0.25, -0.2) is 5.43 Å². The van der Waals surface area contributed by atoms with E-state index in [1.165, 1.54) is 18.3 Å². The summed E-state index contributed by atoms with van der Waals surface area (Å²) in [5.74, 6) is -0.746. The first-order valence-electron chi connectivity index (χ1n) is 8.73. The third-order valence-corrected chi connectivity index (χ3v) is 5.00. The Bertz CT molecular complexity index is 1140. The number of aryl methyl sites for hydroxylation is 1. The smallest absolute Gasteiger partial charge is 0.316 e. The molecule has 0 unspecified atom stereocenters. The normalized spacial score (nSPS) is 11.8. The Labute approximate surface area is 180 Å². The van der Waals surface area contributed by atoms with Crippen molar-refractivity contribution >= 4 is 35.3 Å². The number of nitrogens with one attached hydrogen (secondary N) is 1. The molecule has 0 radical (unpaired) electrons. The number of hydrazone groups is 1.